The van der Waals surface area contributed by atoms with Crippen molar-refractivity contribution in [1.82, 2.24) is 9.97 Å². The van der Waals surface area contributed by atoms with E-state index in [1.54, 1.807) is 18.2 Å². The van der Waals surface area contributed by atoms with Crippen molar-refractivity contribution in [1.29, 1.82) is 0 Å². The fraction of sp³-hybridized carbons (Fsp3) is 0.0526. The van der Waals surface area contributed by atoms with Gasteiger partial charge in [0.1, 0.15) is 0 Å². The van der Waals surface area contributed by atoms with Crippen molar-refractivity contribution in [3.05, 3.63) is 80.6 Å². The summed E-state index contributed by atoms with van der Waals surface area (Å²) in [6, 6.07) is 15.7. The summed E-state index contributed by atoms with van der Waals surface area (Å²) in [4.78, 5) is 29.3. The number of nitro benzene ring substituents is 1. The molecule has 1 heterocycles. The molecule has 0 bridgehead atoms. The third-order valence-corrected chi connectivity index (χ3v) is 4.35. The number of nitrogens with two attached hydrogens (primary N) is 1. The fourth-order valence-corrected chi connectivity index (χ4v) is 3.04. The van der Waals surface area contributed by atoms with E-state index >= 15 is 0 Å². The van der Waals surface area contributed by atoms with Crippen molar-refractivity contribution in [2.24, 2.45) is 0 Å². The molecule has 8 nitrogen and oxygen atoms in total. The lowest BCUT2D eigenvalue weighted by Crippen LogP contribution is -2.11. The topological polar surface area (TPSA) is 127 Å². The Hall–Kier alpha value is -3.94. The molecule has 0 saturated heterocycles. The standard InChI is InChI=1S/C19H15N5O3/c20-19-22-16-8-3-12-2-1-11(9-15(12)17(16)18(25)23-19)10-21-13-4-6-14(7-5-13)24(26)27/h1-9,21H,10H2,(H3,20,22,23,25). The number of benzene rings is 3. The summed E-state index contributed by atoms with van der Waals surface area (Å²) in [7, 11) is 0. The van der Waals surface area contributed by atoms with Gasteiger partial charge in [0.05, 0.1) is 15.8 Å². The van der Waals surface area contributed by atoms with Gasteiger partial charge in [-0.2, -0.15) is 0 Å². The van der Waals surface area contributed by atoms with Crippen LogP contribution < -0.4 is 16.6 Å². The van der Waals surface area contributed by atoms with Gasteiger partial charge in [-0.25, -0.2) is 4.98 Å². The Morgan fingerprint density at radius 3 is 2.59 bits per heavy atom. The molecule has 0 aliphatic heterocycles. The molecular weight excluding hydrogens is 346 g/mol. The van der Waals surface area contributed by atoms with E-state index in [1.165, 1.54) is 12.1 Å². The molecule has 0 unspecified atom stereocenters. The second-order valence-electron chi connectivity index (χ2n) is 6.12. The molecule has 0 fully saturated rings. The van der Waals surface area contributed by atoms with Gasteiger partial charge < -0.3 is 11.1 Å². The van der Waals surface area contributed by atoms with Gasteiger partial charge in [-0.05, 0) is 40.6 Å². The Labute approximate surface area is 152 Å². The zero-order valence-corrected chi connectivity index (χ0v) is 14.1. The van der Waals surface area contributed by atoms with Crippen LogP contribution in [0.1, 0.15) is 5.56 Å². The highest BCUT2D eigenvalue weighted by Crippen LogP contribution is 2.24. The summed E-state index contributed by atoms with van der Waals surface area (Å²) in [6.07, 6.45) is 0. The van der Waals surface area contributed by atoms with Crippen molar-refractivity contribution in [2.45, 2.75) is 6.54 Å². The van der Waals surface area contributed by atoms with E-state index in [9.17, 15) is 14.9 Å². The van der Waals surface area contributed by atoms with Gasteiger partial charge in [0, 0.05) is 24.4 Å². The van der Waals surface area contributed by atoms with E-state index in [2.05, 4.69) is 15.3 Å². The summed E-state index contributed by atoms with van der Waals surface area (Å²) in [5, 5.41) is 16.2. The number of anilines is 2. The lowest BCUT2D eigenvalue weighted by atomic mass is 10.0. The van der Waals surface area contributed by atoms with Crippen LogP contribution in [-0.2, 0) is 6.54 Å². The molecule has 27 heavy (non-hydrogen) atoms. The van der Waals surface area contributed by atoms with Gasteiger partial charge in [-0.3, -0.25) is 19.9 Å². The van der Waals surface area contributed by atoms with Crippen LogP contribution >= 0.6 is 0 Å². The van der Waals surface area contributed by atoms with Crippen molar-refractivity contribution >= 4 is 39.0 Å². The maximum absolute atomic E-state index is 12.3. The van der Waals surface area contributed by atoms with Crippen LogP contribution in [0.5, 0.6) is 0 Å². The molecule has 0 radical (unpaired) electrons. The van der Waals surface area contributed by atoms with Crippen LogP contribution in [0.3, 0.4) is 0 Å². The molecule has 0 spiro atoms. The molecule has 8 heteroatoms. The molecule has 0 saturated carbocycles. The molecule has 0 atom stereocenters. The Morgan fingerprint density at radius 1 is 1.11 bits per heavy atom. The van der Waals surface area contributed by atoms with Gasteiger partial charge in [0.15, 0.2) is 0 Å². The molecule has 0 aliphatic carbocycles. The van der Waals surface area contributed by atoms with E-state index < -0.39 is 4.92 Å². The zero-order chi connectivity index (χ0) is 19.0. The largest absolute Gasteiger partial charge is 0.381 e. The van der Waals surface area contributed by atoms with Gasteiger partial charge >= 0.3 is 0 Å². The van der Waals surface area contributed by atoms with E-state index in [0.717, 1.165) is 22.0 Å². The van der Waals surface area contributed by atoms with Crippen LogP contribution in [0, 0.1) is 10.1 Å². The SMILES string of the molecule is Nc1nc2ccc3ccc(CNc4ccc([N+](=O)[O-])cc4)cc3c2c(=O)[nH]1. The average molecular weight is 361 g/mol. The first-order valence-electron chi connectivity index (χ1n) is 8.21. The summed E-state index contributed by atoms with van der Waals surface area (Å²) < 4.78 is 0. The molecular formula is C19H15N5O3. The predicted octanol–water partition coefficient (Wildman–Crippen LogP) is 3.18. The molecule has 3 aromatic carbocycles. The molecule has 1 aromatic heterocycles. The second kappa shape index (κ2) is 6.41. The quantitative estimate of drug-likeness (QED) is 0.291. The highest BCUT2D eigenvalue weighted by molar-refractivity contribution is 6.06. The maximum Gasteiger partial charge on any atom is 0.269 e. The van der Waals surface area contributed by atoms with Crippen LogP contribution in [0.4, 0.5) is 17.3 Å². The Bertz CT molecular complexity index is 1230. The van der Waals surface area contributed by atoms with Gasteiger partial charge in [-0.1, -0.05) is 18.2 Å². The van der Waals surface area contributed by atoms with E-state index in [-0.39, 0.29) is 17.2 Å². The van der Waals surface area contributed by atoms with Crippen LogP contribution in [0.15, 0.2) is 59.4 Å². The van der Waals surface area contributed by atoms with Crippen molar-refractivity contribution < 1.29 is 4.92 Å². The molecule has 4 rings (SSSR count). The Balaban J connectivity index is 1.67. The number of fused-ring (bicyclic) bond motifs is 3. The average Bonchev–Trinajstić information content (AvgIpc) is 2.65. The van der Waals surface area contributed by atoms with E-state index in [1.807, 2.05) is 24.3 Å². The van der Waals surface area contributed by atoms with Crippen molar-refractivity contribution in [3.63, 3.8) is 0 Å². The minimum Gasteiger partial charge on any atom is -0.381 e. The number of rotatable bonds is 4. The predicted molar refractivity (Wildman–Crippen MR) is 105 cm³/mol. The third-order valence-electron chi connectivity index (χ3n) is 4.35. The first-order chi connectivity index (χ1) is 13.0. The fourth-order valence-electron chi connectivity index (χ4n) is 3.04. The van der Waals surface area contributed by atoms with Crippen molar-refractivity contribution in [3.8, 4) is 0 Å². The van der Waals surface area contributed by atoms with Crippen molar-refractivity contribution in [2.75, 3.05) is 11.1 Å². The number of aromatic nitrogens is 2. The number of nitrogen functional groups attached to an aromatic ring is 1. The molecule has 4 aromatic rings. The lowest BCUT2D eigenvalue weighted by Gasteiger charge is -2.09. The first kappa shape index (κ1) is 16.5. The maximum atomic E-state index is 12.3. The summed E-state index contributed by atoms with van der Waals surface area (Å²) in [6.45, 7) is 0.504. The number of non-ortho nitro benzene ring substituents is 1. The second-order valence-corrected chi connectivity index (χ2v) is 6.12. The first-order valence-corrected chi connectivity index (χ1v) is 8.21. The highest BCUT2D eigenvalue weighted by atomic mass is 16.6. The minimum atomic E-state index is -0.434. The number of nitrogens with one attached hydrogen (secondary N) is 2. The Kier molecular flexibility index (Phi) is 3.92. The molecule has 0 amide bonds. The summed E-state index contributed by atoms with van der Waals surface area (Å²) in [5.74, 6) is 0.0860. The number of aromatic amines is 1. The summed E-state index contributed by atoms with van der Waals surface area (Å²) >= 11 is 0. The summed E-state index contributed by atoms with van der Waals surface area (Å²) in [5.41, 5.74) is 7.67. The number of nitro groups is 1. The third kappa shape index (κ3) is 3.15. The lowest BCUT2D eigenvalue weighted by molar-refractivity contribution is -0.384. The molecule has 0 aliphatic rings. The number of hydrogen-bond donors (Lipinski definition) is 3. The van der Waals surface area contributed by atoms with Crippen LogP contribution in [-0.4, -0.2) is 14.9 Å². The van der Waals surface area contributed by atoms with Crippen LogP contribution in [0.25, 0.3) is 21.7 Å². The number of nitrogens with zero attached hydrogens (tertiary/aromatic N) is 2. The Morgan fingerprint density at radius 2 is 1.85 bits per heavy atom. The number of hydrogen-bond acceptors (Lipinski definition) is 6. The number of H-pyrrole nitrogens is 1. The monoisotopic (exact) mass is 361 g/mol. The van der Waals surface area contributed by atoms with E-state index in [4.69, 9.17) is 5.73 Å². The van der Waals surface area contributed by atoms with Crippen LogP contribution in [0.2, 0.25) is 0 Å². The van der Waals surface area contributed by atoms with E-state index in [0.29, 0.717) is 17.4 Å². The highest BCUT2D eigenvalue weighted by Gasteiger charge is 2.08. The van der Waals surface area contributed by atoms with Gasteiger partial charge in [0.2, 0.25) is 5.95 Å². The van der Waals surface area contributed by atoms with Gasteiger partial charge in [-0.15, -0.1) is 0 Å². The molecule has 134 valence electrons. The smallest absolute Gasteiger partial charge is 0.269 e. The molecule has 4 N–H and O–H groups in total. The minimum absolute atomic E-state index is 0.0451. The van der Waals surface area contributed by atoms with Gasteiger partial charge in [0.25, 0.3) is 11.2 Å². The zero-order valence-electron chi connectivity index (χ0n) is 14.1. The normalized spacial score (nSPS) is 11.0.